The van der Waals surface area contributed by atoms with Gasteiger partial charge in [0.15, 0.2) is 5.13 Å². The van der Waals surface area contributed by atoms with Crippen molar-refractivity contribution in [3.8, 4) is 16.9 Å². The van der Waals surface area contributed by atoms with Gasteiger partial charge in [-0.05, 0) is 48.9 Å². The maximum Gasteiger partial charge on any atom is 0.265 e. The largest absolute Gasteiger partial charge is 0.279 e. The predicted octanol–water partition coefficient (Wildman–Crippen LogP) is 6.94. The molecule has 174 valence electrons. The van der Waals surface area contributed by atoms with Crippen molar-refractivity contribution in [1.82, 2.24) is 14.8 Å². The van der Waals surface area contributed by atoms with E-state index in [9.17, 15) is 9.18 Å². The van der Waals surface area contributed by atoms with E-state index in [0.29, 0.717) is 28.6 Å². The standard InChI is InChI=1S/C27H20ClFN4OS/c1-18-24(25(28)33(31-18)22-10-6-3-7-11-22)26(34)32(16-19-8-4-2-5-9-19)27-30-23(17-35-27)20-12-14-21(29)15-13-20/h2-15,17H,16H2,1H3. The van der Waals surface area contributed by atoms with Gasteiger partial charge in [0.1, 0.15) is 16.5 Å². The number of hydrogen-bond acceptors (Lipinski definition) is 4. The molecular weight excluding hydrogens is 483 g/mol. The van der Waals surface area contributed by atoms with Crippen molar-refractivity contribution in [2.45, 2.75) is 13.5 Å². The topological polar surface area (TPSA) is 51.0 Å². The Hall–Kier alpha value is -3.81. The lowest BCUT2D eigenvalue weighted by atomic mass is 10.2. The Kier molecular flexibility index (Phi) is 6.44. The summed E-state index contributed by atoms with van der Waals surface area (Å²) < 4.78 is 14.9. The van der Waals surface area contributed by atoms with Gasteiger partial charge in [0.2, 0.25) is 0 Å². The van der Waals surface area contributed by atoms with E-state index in [2.05, 4.69) is 5.10 Å². The van der Waals surface area contributed by atoms with Gasteiger partial charge in [0.05, 0.1) is 23.6 Å². The van der Waals surface area contributed by atoms with Crippen LogP contribution < -0.4 is 4.90 Å². The van der Waals surface area contributed by atoms with Gasteiger partial charge in [0.25, 0.3) is 5.91 Å². The summed E-state index contributed by atoms with van der Waals surface area (Å²) in [7, 11) is 0. The van der Waals surface area contributed by atoms with E-state index in [1.54, 1.807) is 28.6 Å². The summed E-state index contributed by atoms with van der Waals surface area (Å²) in [6.07, 6.45) is 0. The number of anilines is 1. The average molecular weight is 503 g/mol. The fourth-order valence-electron chi connectivity index (χ4n) is 3.75. The van der Waals surface area contributed by atoms with E-state index in [4.69, 9.17) is 16.6 Å². The van der Waals surface area contributed by atoms with Gasteiger partial charge in [-0.1, -0.05) is 60.1 Å². The molecule has 0 aliphatic carbocycles. The molecule has 0 bridgehead atoms. The molecule has 0 N–H and O–H groups in total. The van der Waals surface area contributed by atoms with Crippen LogP contribution in [0, 0.1) is 12.7 Å². The molecule has 5 aromatic rings. The Morgan fingerprint density at radius 3 is 2.34 bits per heavy atom. The van der Waals surface area contributed by atoms with Gasteiger partial charge in [-0.15, -0.1) is 11.3 Å². The molecule has 35 heavy (non-hydrogen) atoms. The lowest BCUT2D eigenvalue weighted by Crippen LogP contribution is -2.31. The number of aromatic nitrogens is 3. The van der Waals surface area contributed by atoms with Crippen LogP contribution in [-0.4, -0.2) is 20.7 Å². The van der Waals surface area contributed by atoms with Crippen molar-refractivity contribution >= 4 is 34.0 Å². The second-order valence-corrected chi connectivity index (χ2v) is 9.09. The zero-order valence-electron chi connectivity index (χ0n) is 18.7. The molecule has 0 radical (unpaired) electrons. The van der Waals surface area contributed by atoms with Crippen LogP contribution in [0.2, 0.25) is 5.15 Å². The maximum absolute atomic E-state index is 13.9. The summed E-state index contributed by atoms with van der Waals surface area (Å²) in [5.41, 5.74) is 4.00. The highest BCUT2D eigenvalue weighted by Crippen LogP contribution is 2.32. The molecule has 0 spiro atoms. The Labute approximate surface area is 211 Å². The van der Waals surface area contributed by atoms with Crippen molar-refractivity contribution in [3.63, 3.8) is 0 Å². The van der Waals surface area contributed by atoms with E-state index in [1.807, 2.05) is 66.0 Å². The molecule has 5 nitrogen and oxygen atoms in total. The first-order valence-corrected chi connectivity index (χ1v) is 12.1. The fourth-order valence-corrected chi connectivity index (χ4v) is 4.94. The molecule has 0 saturated heterocycles. The first-order valence-electron chi connectivity index (χ1n) is 10.9. The summed E-state index contributed by atoms with van der Waals surface area (Å²) in [4.78, 5) is 20.2. The number of amides is 1. The van der Waals surface area contributed by atoms with Crippen LogP contribution in [0.25, 0.3) is 16.9 Å². The Morgan fingerprint density at radius 2 is 1.66 bits per heavy atom. The third-order valence-electron chi connectivity index (χ3n) is 5.51. The minimum Gasteiger partial charge on any atom is -0.279 e. The Bertz CT molecular complexity index is 1470. The third-order valence-corrected chi connectivity index (χ3v) is 6.72. The minimum atomic E-state index is -0.314. The molecule has 0 aliphatic rings. The summed E-state index contributed by atoms with van der Waals surface area (Å²) in [6.45, 7) is 2.08. The Balaban J connectivity index is 1.55. The zero-order valence-corrected chi connectivity index (χ0v) is 20.3. The number of carbonyl (C=O) groups is 1. The normalized spacial score (nSPS) is 10.9. The van der Waals surface area contributed by atoms with Crippen LogP contribution in [0.1, 0.15) is 21.6 Å². The van der Waals surface area contributed by atoms with Gasteiger partial charge in [-0.2, -0.15) is 5.10 Å². The number of hydrogen-bond donors (Lipinski definition) is 0. The lowest BCUT2D eigenvalue weighted by molar-refractivity contribution is 0.0984. The summed E-state index contributed by atoms with van der Waals surface area (Å²) in [5, 5.41) is 7.14. The van der Waals surface area contributed by atoms with E-state index >= 15 is 0 Å². The first kappa shape index (κ1) is 23.0. The van der Waals surface area contributed by atoms with Gasteiger partial charge < -0.3 is 0 Å². The molecule has 0 aliphatic heterocycles. The second kappa shape index (κ2) is 9.82. The molecule has 0 saturated carbocycles. The molecular formula is C27H20ClFN4OS. The molecule has 8 heteroatoms. The van der Waals surface area contributed by atoms with Crippen LogP contribution in [0.3, 0.4) is 0 Å². The van der Waals surface area contributed by atoms with Crippen molar-refractivity contribution in [3.05, 3.63) is 118 Å². The van der Waals surface area contributed by atoms with Gasteiger partial charge in [-0.25, -0.2) is 14.1 Å². The van der Waals surface area contributed by atoms with Crippen molar-refractivity contribution in [1.29, 1.82) is 0 Å². The third kappa shape index (κ3) is 4.73. The highest BCUT2D eigenvalue weighted by atomic mass is 35.5. The smallest absolute Gasteiger partial charge is 0.265 e. The molecule has 3 aromatic carbocycles. The van der Waals surface area contributed by atoms with Gasteiger partial charge in [-0.3, -0.25) is 9.69 Å². The predicted molar refractivity (Wildman–Crippen MR) is 138 cm³/mol. The number of benzene rings is 3. The van der Waals surface area contributed by atoms with E-state index in [1.165, 1.54) is 23.5 Å². The SMILES string of the molecule is Cc1nn(-c2ccccc2)c(Cl)c1C(=O)N(Cc1ccccc1)c1nc(-c2ccc(F)cc2)cs1. The number of carbonyl (C=O) groups excluding carboxylic acids is 1. The summed E-state index contributed by atoms with van der Waals surface area (Å²) in [6, 6.07) is 25.2. The zero-order chi connectivity index (χ0) is 24.4. The fraction of sp³-hybridized carbons (Fsp3) is 0.0741. The highest BCUT2D eigenvalue weighted by Gasteiger charge is 2.28. The number of thiazole rings is 1. The Morgan fingerprint density at radius 1 is 1.00 bits per heavy atom. The van der Waals surface area contributed by atoms with Crippen LogP contribution in [-0.2, 0) is 6.54 Å². The molecule has 0 atom stereocenters. The van der Waals surface area contributed by atoms with Crippen molar-refractivity contribution in [2.24, 2.45) is 0 Å². The summed E-state index contributed by atoms with van der Waals surface area (Å²) in [5.74, 6) is -0.607. The minimum absolute atomic E-state index is 0.243. The molecule has 0 unspecified atom stereocenters. The first-order chi connectivity index (χ1) is 17.0. The molecule has 1 amide bonds. The highest BCUT2D eigenvalue weighted by molar-refractivity contribution is 7.14. The number of aryl methyl sites for hydroxylation is 1. The number of para-hydroxylation sites is 1. The number of nitrogens with zero attached hydrogens (tertiary/aromatic N) is 4. The van der Waals surface area contributed by atoms with Gasteiger partial charge in [0, 0.05) is 10.9 Å². The van der Waals surface area contributed by atoms with Crippen LogP contribution in [0.4, 0.5) is 9.52 Å². The van der Waals surface area contributed by atoms with Crippen molar-refractivity contribution < 1.29 is 9.18 Å². The monoisotopic (exact) mass is 502 g/mol. The average Bonchev–Trinajstić information content (AvgIpc) is 3.48. The van der Waals surface area contributed by atoms with Crippen LogP contribution >= 0.6 is 22.9 Å². The van der Waals surface area contributed by atoms with Crippen LogP contribution in [0.5, 0.6) is 0 Å². The quantitative estimate of drug-likeness (QED) is 0.252. The summed E-state index contributed by atoms with van der Waals surface area (Å²) >= 11 is 8.05. The molecule has 5 rings (SSSR count). The van der Waals surface area contributed by atoms with E-state index in [0.717, 1.165) is 16.8 Å². The van der Waals surface area contributed by atoms with Crippen molar-refractivity contribution in [2.75, 3.05) is 4.90 Å². The van der Waals surface area contributed by atoms with E-state index in [-0.39, 0.29) is 16.9 Å². The van der Waals surface area contributed by atoms with E-state index < -0.39 is 0 Å². The van der Waals surface area contributed by atoms with Crippen LogP contribution in [0.15, 0.2) is 90.3 Å². The molecule has 2 heterocycles. The molecule has 0 fully saturated rings. The second-order valence-electron chi connectivity index (χ2n) is 7.90. The number of rotatable bonds is 6. The maximum atomic E-state index is 13.9. The number of halogens is 2. The van der Waals surface area contributed by atoms with Gasteiger partial charge >= 0.3 is 0 Å². The molecule has 2 aromatic heterocycles. The lowest BCUT2D eigenvalue weighted by Gasteiger charge is -2.20.